The van der Waals surface area contributed by atoms with Gasteiger partial charge < -0.3 is 9.84 Å². The molecule has 0 heterocycles. The van der Waals surface area contributed by atoms with E-state index in [-0.39, 0.29) is 26.3 Å². The zero-order valence-electron chi connectivity index (χ0n) is 10.9. The van der Waals surface area contributed by atoms with Crippen molar-refractivity contribution >= 4 is 21.4 Å². The Balaban J connectivity index is 2.60. The van der Waals surface area contributed by atoms with Gasteiger partial charge in [0.1, 0.15) is 0 Å². The Labute approximate surface area is 122 Å². The number of ether oxygens (including phenoxy) is 1. The topological polar surface area (TPSA) is 63.6 Å². The van der Waals surface area contributed by atoms with Gasteiger partial charge in [0.25, 0.3) is 0 Å². The largest absolute Gasteiger partial charge is 0.504 e. The first-order valence-corrected chi connectivity index (χ1v) is 7.60. The Morgan fingerprint density at radius 1 is 1.15 bits per heavy atom. The van der Waals surface area contributed by atoms with Gasteiger partial charge in [-0.25, -0.2) is 8.42 Å². The third-order valence-corrected chi connectivity index (χ3v) is 5.09. The number of phenolic OH excluding ortho intramolecular Hbond substituents is 1. The molecule has 0 fully saturated rings. The first kappa shape index (κ1) is 14.7. The second kappa shape index (κ2) is 5.34. The molecule has 0 bridgehead atoms. The summed E-state index contributed by atoms with van der Waals surface area (Å²) in [5.74, 6) is -0.152. The lowest BCUT2D eigenvalue weighted by Crippen LogP contribution is -2.03. The SMILES string of the molecule is COc1cc(Cl)c(S(=O)(=O)c2ccc(C)cc2)cc1O. The van der Waals surface area contributed by atoms with Crippen molar-refractivity contribution in [2.75, 3.05) is 7.11 Å². The Bertz CT molecular complexity index is 737. The lowest BCUT2D eigenvalue weighted by molar-refractivity contribution is 0.372. The van der Waals surface area contributed by atoms with Gasteiger partial charge >= 0.3 is 0 Å². The highest BCUT2D eigenvalue weighted by Crippen LogP contribution is 2.36. The molecule has 0 atom stereocenters. The number of halogens is 1. The molecule has 1 N–H and O–H groups in total. The first-order chi connectivity index (χ1) is 9.36. The van der Waals surface area contributed by atoms with Crippen molar-refractivity contribution in [1.82, 2.24) is 0 Å². The third-order valence-electron chi connectivity index (χ3n) is 2.85. The maximum atomic E-state index is 12.5. The molecule has 4 nitrogen and oxygen atoms in total. The molecular weight excluding hydrogens is 300 g/mol. The van der Waals surface area contributed by atoms with E-state index in [0.29, 0.717) is 0 Å². The smallest absolute Gasteiger partial charge is 0.208 e. The van der Waals surface area contributed by atoms with E-state index in [1.54, 1.807) is 12.1 Å². The molecule has 106 valence electrons. The summed E-state index contributed by atoms with van der Waals surface area (Å²) in [6.45, 7) is 1.86. The number of sulfone groups is 1. The molecule has 2 aromatic carbocycles. The molecule has 0 saturated heterocycles. The molecule has 0 aliphatic rings. The fourth-order valence-corrected chi connectivity index (χ4v) is 3.53. The van der Waals surface area contributed by atoms with Crippen molar-refractivity contribution in [2.24, 2.45) is 0 Å². The maximum absolute atomic E-state index is 12.5. The van der Waals surface area contributed by atoms with Crippen LogP contribution in [0, 0.1) is 6.92 Å². The summed E-state index contributed by atoms with van der Waals surface area (Å²) in [7, 11) is -2.42. The average molecular weight is 313 g/mol. The Morgan fingerprint density at radius 2 is 1.75 bits per heavy atom. The van der Waals surface area contributed by atoms with Crippen LogP contribution in [0.25, 0.3) is 0 Å². The highest BCUT2D eigenvalue weighted by molar-refractivity contribution is 7.91. The number of rotatable bonds is 3. The minimum absolute atomic E-state index is 0.000208. The normalized spacial score (nSPS) is 11.3. The van der Waals surface area contributed by atoms with E-state index in [1.807, 2.05) is 6.92 Å². The van der Waals surface area contributed by atoms with Crippen molar-refractivity contribution < 1.29 is 18.3 Å². The number of methoxy groups -OCH3 is 1. The number of aryl methyl sites for hydroxylation is 1. The summed E-state index contributed by atoms with van der Waals surface area (Å²) in [5.41, 5.74) is 0.952. The predicted octanol–water partition coefficient (Wildman–Crippen LogP) is 3.20. The molecule has 0 aliphatic carbocycles. The lowest BCUT2D eigenvalue weighted by Gasteiger charge is -2.10. The summed E-state index contributed by atoms with van der Waals surface area (Å²) in [6, 6.07) is 8.77. The minimum atomic E-state index is -3.78. The molecule has 6 heteroatoms. The monoisotopic (exact) mass is 312 g/mol. The molecule has 20 heavy (non-hydrogen) atoms. The van der Waals surface area contributed by atoms with Gasteiger partial charge in [0.15, 0.2) is 11.5 Å². The van der Waals surface area contributed by atoms with E-state index in [4.69, 9.17) is 16.3 Å². The Kier molecular flexibility index (Phi) is 3.92. The summed E-state index contributed by atoms with van der Waals surface area (Å²) < 4.78 is 29.8. The fraction of sp³-hybridized carbons (Fsp3) is 0.143. The minimum Gasteiger partial charge on any atom is -0.504 e. The van der Waals surface area contributed by atoms with Crippen molar-refractivity contribution in [2.45, 2.75) is 16.7 Å². The molecule has 0 spiro atoms. The van der Waals surface area contributed by atoms with Crippen LogP contribution in [0.1, 0.15) is 5.56 Å². The van der Waals surface area contributed by atoms with Crippen LogP contribution in [0.3, 0.4) is 0 Å². The molecule has 2 aromatic rings. The molecular formula is C14H13ClO4S. The number of benzene rings is 2. The first-order valence-electron chi connectivity index (χ1n) is 5.74. The second-order valence-corrected chi connectivity index (χ2v) is 6.60. The van der Waals surface area contributed by atoms with Crippen LogP contribution in [0.2, 0.25) is 5.02 Å². The highest BCUT2D eigenvalue weighted by atomic mass is 35.5. The summed E-state index contributed by atoms with van der Waals surface area (Å²) in [5, 5.41) is 9.72. The predicted molar refractivity (Wildman–Crippen MR) is 76.3 cm³/mol. The number of phenols is 1. The number of hydrogen-bond acceptors (Lipinski definition) is 4. The van der Waals surface area contributed by atoms with Crippen LogP contribution in [-0.4, -0.2) is 20.6 Å². The van der Waals surface area contributed by atoms with E-state index in [0.717, 1.165) is 11.6 Å². The van der Waals surface area contributed by atoms with E-state index >= 15 is 0 Å². The summed E-state index contributed by atoms with van der Waals surface area (Å²) in [6.07, 6.45) is 0. The van der Waals surface area contributed by atoms with Crippen LogP contribution >= 0.6 is 11.6 Å². The van der Waals surface area contributed by atoms with Crippen molar-refractivity contribution in [1.29, 1.82) is 0 Å². The van der Waals surface area contributed by atoms with E-state index in [2.05, 4.69) is 0 Å². The van der Waals surface area contributed by atoms with E-state index < -0.39 is 9.84 Å². The zero-order chi connectivity index (χ0) is 14.9. The van der Waals surface area contributed by atoms with Gasteiger partial charge in [0.05, 0.1) is 21.9 Å². The van der Waals surface area contributed by atoms with Gasteiger partial charge in [-0.3, -0.25) is 0 Å². The molecule has 0 radical (unpaired) electrons. The third kappa shape index (κ3) is 2.59. The van der Waals surface area contributed by atoms with Gasteiger partial charge in [-0.1, -0.05) is 29.3 Å². The number of aromatic hydroxyl groups is 1. The quantitative estimate of drug-likeness (QED) is 0.945. The fourth-order valence-electron chi connectivity index (χ4n) is 1.74. The van der Waals surface area contributed by atoms with E-state index in [9.17, 15) is 13.5 Å². The van der Waals surface area contributed by atoms with Crippen molar-refractivity contribution in [3.05, 3.63) is 47.0 Å². The Morgan fingerprint density at radius 3 is 2.30 bits per heavy atom. The molecule has 0 aliphatic heterocycles. The molecule has 2 rings (SSSR count). The van der Waals surface area contributed by atoms with Gasteiger partial charge in [-0.2, -0.15) is 0 Å². The van der Waals surface area contributed by atoms with Crippen LogP contribution in [0.4, 0.5) is 0 Å². The molecule has 0 aromatic heterocycles. The van der Waals surface area contributed by atoms with Gasteiger partial charge in [0.2, 0.25) is 9.84 Å². The molecule has 0 saturated carbocycles. The van der Waals surface area contributed by atoms with Crippen molar-refractivity contribution in [3.8, 4) is 11.5 Å². The maximum Gasteiger partial charge on any atom is 0.208 e. The molecule has 0 unspecified atom stereocenters. The highest BCUT2D eigenvalue weighted by Gasteiger charge is 2.23. The van der Waals surface area contributed by atoms with Gasteiger partial charge in [-0.05, 0) is 19.1 Å². The second-order valence-electron chi connectivity index (χ2n) is 4.27. The standard InChI is InChI=1S/C14H13ClO4S/c1-9-3-5-10(6-4-9)20(17,18)14-8-12(16)13(19-2)7-11(14)15/h3-8,16H,1-2H3. The average Bonchev–Trinajstić information content (AvgIpc) is 2.41. The van der Waals surface area contributed by atoms with Crippen LogP contribution in [0.15, 0.2) is 46.2 Å². The van der Waals surface area contributed by atoms with E-state index in [1.165, 1.54) is 25.3 Å². The van der Waals surface area contributed by atoms with Gasteiger partial charge in [-0.15, -0.1) is 0 Å². The van der Waals surface area contributed by atoms with Crippen molar-refractivity contribution in [3.63, 3.8) is 0 Å². The lowest BCUT2D eigenvalue weighted by atomic mass is 10.2. The summed E-state index contributed by atoms with van der Waals surface area (Å²) >= 11 is 5.98. The van der Waals surface area contributed by atoms with Crippen LogP contribution in [0.5, 0.6) is 11.5 Å². The zero-order valence-corrected chi connectivity index (χ0v) is 12.5. The number of hydrogen-bond donors (Lipinski definition) is 1. The Hall–Kier alpha value is -1.72. The van der Waals surface area contributed by atoms with Crippen LogP contribution < -0.4 is 4.74 Å². The summed E-state index contributed by atoms with van der Waals surface area (Å²) in [4.78, 5) is -0.0316. The molecule has 0 amide bonds. The van der Waals surface area contributed by atoms with Gasteiger partial charge in [0, 0.05) is 12.1 Å². The van der Waals surface area contributed by atoms with Crippen LogP contribution in [-0.2, 0) is 9.84 Å².